The first kappa shape index (κ1) is 14.6. The Kier molecular flexibility index (Phi) is 4.45. The Balaban J connectivity index is 2.36. The van der Waals surface area contributed by atoms with E-state index in [-0.39, 0.29) is 10.7 Å². The molecule has 2 rings (SSSR count). The third kappa shape index (κ3) is 2.85. The maximum atomic E-state index is 13.9. The molecule has 2 nitrogen and oxygen atoms in total. The van der Waals surface area contributed by atoms with Crippen LogP contribution in [0.1, 0.15) is 18.5 Å². The minimum Gasteiger partial charge on any atom is -0.496 e. The second-order valence-corrected chi connectivity index (χ2v) is 4.73. The van der Waals surface area contributed by atoms with E-state index in [0.717, 1.165) is 0 Å². The lowest BCUT2D eigenvalue weighted by molar-refractivity contribution is 0.402. The fourth-order valence-corrected chi connectivity index (χ4v) is 2.26. The number of hydrogen-bond acceptors (Lipinski definition) is 2. The van der Waals surface area contributed by atoms with Crippen molar-refractivity contribution in [3.05, 3.63) is 58.6 Å². The molecule has 0 aliphatic heterocycles. The summed E-state index contributed by atoms with van der Waals surface area (Å²) in [5.41, 5.74) is 0.473. The van der Waals surface area contributed by atoms with Crippen LogP contribution >= 0.6 is 11.6 Å². The smallest absolute Gasteiger partial charge is 0.147 e. The predicted molar refractivity (Wildman–Crippen MR) is 76.4 cm³/mol. The van der Waals surface area contributed by atoms with Crippen molar-refractivity contribution >= 4 is 17.3 Å². The molecule has 0 saturated carbocycles. The van der Waals surface area contributed by atoms with Crippen LogP contribution in [0.15, 0.2) is 36.4 Å². The molecular weight excluding hydrogens is 284 g/mol. The van der Waals surface area contributed by atoms with Crippen LogP contribution in [0.2, 0.25) is 5.02 Å². The molecule has 0 radical (unpaired) electrons. The Morgan fingerprint density at radius 1 is 1.10 bits per heavy atom. The van der Waals surface area contributed by atoms with E-state index in [4.69, 9.17) is 16.3 Å². The molecule has 2 aromatic rings. The van der Waals surface area contributed by atoms with Crippen LogP contribution in [0.4, 0.5) is 14.5 Å². The molecule has 0 amide bonds. The van der Waals surface area contributed by atoms with E-state index < -0.39 is 17.7 Å². The van der Waals surface area contributed by atoms with Crippen molar-refractivity contribution in [3.8, 4) is 5.75 Å². The maximum Gasteiger partial charge on any atom is 0.147 e. The highest BCUT2D eigenvalue weighted by Gasteiger charge is 2.18. The zero-order valence-electron chi connectivity index (χ0n) is 11.1. The number of ether oxygens (including phenoxy) is 1. The van der Waals surface area contributed by atoms with Crippen LogP contribution in [0, 0.1) is 11.6 Å². The molecule has 0 fully saturated rings. The van der Waals surface area contributed by atoms with Crippen LogP contribution < -0.4 is 10.1 Å². The summed E-state index contributed by atoms with van der Waals surface area (Å²) in [4.78, 5) is 0. The Morgan fingerprint density at radius 3 is 2.40 bits per heavy atom. The lowest BCUT2D eigenvalue weighted by Gasteiger charge is -2.20. The second kappa shape index (κ2) is 6.09. The molecule has 20 heavy (non-hydrogen) atoms. The van der Waals surface area contributed by atoms with Gasteiger partial charge in [0.1, 0.15) is 17.4 Å². The molecule has 1 unspecified atom stereocenters. The van der Waals surface area contributed by atoms with Gasteiger partial charge in [0.2, 0.25) is 0 Å². The average molecular weight is 298 g/mol. The van der Waals surface area contributed by atoms with Gasteiger partial charge in [-0.3, -0.25) is 0 Å². The maximum absolute atomic E-state index is 13.9. The highest BCUT2D eigenvalue weighted by Crippen LogP contribution is 2.33. The lowest BCUT2D eigenvalue weighted by atomic mass is 10.1. The summed E-state index contributed by atoms with van der Waals surface area (Å²) >= 11 is 5.95. The van der Waals surface area contributed by atoms with Crippen LogP contribution in [0.3, 0.4) is 0 Å². The van der Waals surface area contributed by atoms with Crippen molar-refractivity contribution in [1.29, 1.82) is 0 Å². The van der Waals surface area contributed by atoms with Crippen molar-refractivity contribution in [2.75, 3.05) is 12.4 Å². The van der Waals surface area contributed by atoms with Crippen molar-refractivity contribution < 1.29 is 13.5 Å². The zero-order valence-corrected chi connectivity index (χ0v) is 11.8. The summed E-state index contributed by atoms with van der Waals surface area (Å²) in [5.74, 6) is -0.506. The van der Waals surface area contributed by atoms with Gasteiger partial charge in [0.25, 0.3) is 0 Å². The van der Waals surface area contributed by atoms with Gasteiger partial charge in [-0.2, -0.15) is 0 Å². The van der Waals surface area contributed by atoms with Gasteiger partial charge in [-0.15, -0.1) is 0 Å². The molecule has 0 heterocycles. The quantitative estimate of drug-likeness (QED) is 0.875. The van der Waals surface area contributed by atoms with Crippen molar-refractivity contribution in [3.63, 3.8) is 0 Å². The van der Waals surface area contributed by atoms with E-state index in [0.29, 0.717) is 11.3 Å². The predicted octanol–water partition coefficient (Wildman–Crippen LogP) is 4.80. The summed E-state index contributed by atoms with van der Waals surface area (Å²) in [5, 5.41) is 3.13. The average Bonchev–Trinajstić information content (AvgIpc) is 2.42. The third-order valence-electron chi connectivity index (χ3n) is 2.99. The van der Waals surface area contributed by atoms with Gasteiger partial charge >= 0.3 is 0 Å². The van der Waals surface area contributed by atoms with Crippen molar-refractivity contribution in [2.45, 2.75) is 13.0 Å². The summed E-state index contributed by atoms with van der Waals surface area (Å²) in [7, 11) is 1.46. The first-order valence-electron chi connectivity index (χ1n) is 6.07. The van der Waals surface area contributed by atoms with Crippen LogP contribution in [0.25, 0.3) is 0 Å². The fraction of sp³-hybridized carbons (Fsp3) is 0.200. The minimum atomic E-state index is -0.499. The van der Waals surface area contributed by atoms with E-state index in [1.54, 1.807) is 25.1 Å². The third-order valence-corrected chi connectivity index (χ3v) is 3.30. The summed E-state index contributed by atoms with van der Waals surface area (Å²) in [6, 6.07) is 8.41. The van der Waals surface area contributed by atoms with Gasteiger partial charge in [0.05, 0.1) is 29.4 Å². The largest absolute Gasteiger partial charge is 0.496 e. The molecule has 1 N–H and O–H groups in total. The van der Waals surface area contributed by atoms with Crippen molar-refractivity contribution in [1.82, 2.24) is 0 Å². The van der Waals surface area contributed by atoms with Crippen LogP contribution in [0.5, 0.6) is 5.75 Å². The molecule has 106 valence electrons. The van der Waals surface area contributed by atoms with E-state index >= 15 is 0 Å². The Morgan fingerprint density at radius 2 is 1.75 bits per heavy atom. The number of anilines is 1. The standard InChI is InChI=1S/C15H14ClF2NO/c1-9(14-11(17)6-4-8-13(14)20-2)19-15-10(16)5-3-7-12(15)18/h3-9,19H,1-2H3. The Bertz CT molecular complexity index is 599. The number of nitrogens with one attached hydrogen (secondary N) is 1. The molecule has 0 aliphatic carbocycles. The normalized spacial score (nSPS) is 12.1. The number of benzene rings is 2. The molecular formula is C15H14ClF2NO. The topological polar surface area (TPSA) is 21.3 Å². The van der Waals surface area contributed by atoms with Gasteiger partial charge in [0, 0.05) is 0 Å². The lowest BCUT2D eigenvalue weighted by Crippen LogP contribution is -2.11. The highest BCUT2D eigenvalue weighted by molar-refractivity contribution is 6.33. The number of para-hydroxylation sites is 1. The fourth-order valence-electron chi connectivity index (χ4n) is 2.04. The molecule has 5 heteroatoms. The molecule has 0 aliphatic rings. The molecule has 0 aromatic heterocycles. The summed E-state index contributed by atoms with van der Waals surface area (Å²) in [6.45, 7) is 1.71. The monoisotopic (exact) mass is 297 g/mol. The summed E-state index contributed by atoms with van der Waals surface area (Å²) in [6.07, 6.45) is 0. The SMILES string of the molecule is COc1cccc(F)c1C(C)Nc1c(F)cccc1Cl. The zero-order chi connectivity index (χ0) is 14.7. The van der Waals surface area contributed by atoms with Gasteiger partial charge in [-0.05, 0) is 31.2 Å². The van der Waals surface area contributed by atoms with E-state index in [1.165, 1.54) is 25.3 Å². The van der Waals surface area contributed by atoms with Crippen LogP contribution in [-0.2, 0) is 0 Å². The van der Waals surface area contributed by atoms with E-state index in [9.17, 15) is 8.78 Å². The Hall–Kier alpha value is -1.81. The van der Waals surface area contributed by atoms with E-state index in [2.05, 4.69) is 5.32 Å². The van der Waals surface area contributed by atoms with Gasteiger partial charge < -0.3 is 10.1 Å². The molecule has 0 saturated heterocycles. The minimum absolute atomic E-state index is 0.145. The summed E-state index contributed by atoms with van der Waals surface area (Å²) < 4.78 is 32.8. The van der Waals surface area contributed by atoms with E-state index in [1.807, 2.05) is 0 Å². The number of rotatable bonds is 4. The second-order valence-electron chi connectivity index (χ2n) is 4.32. The van der Waals surface area contributed by atoms with Gasteiger partial charge in [0.15, 0.2) is 0 Å². The van der Waals surface area contributed by atoms with Crippen LogP contribution in [-0.4, -0.2) is 7.11 Å². The Labute approximate surface area is 121 Å². The first-order valence-corrected chi connectivity index (χ1v) is 6.45. The van der Waals surface area contributed by atoms with Gasteiger partial charge in [-0.25, -0.2) is 8.78 Å². The molecule has 1 atom stereocenters. The number of halogens is 3. The van der Waals surface area contributed by atoms with Crippen molar-refractivity contribution in [2.24, 2.45) is 0 Å². The highest BCUT2D eigenvalue weighted by atomic mass is 35.5. The molecule has 2 aromatic carbocycles. The first-order chi connectivity index (χ1) is 9.54. The number of methoxy groups -OCH3 is 1. The molecule has 0 bridgehead atoms. The number of hydrogen-bond donors (Lipinski definition) is 1. The van der Waals surface area contributed by atoms with Gasteiger partial charge in [-0.1, -0.05) is 23.7 Å². The molecule has 0 spiro atoms.